The van der Waals surface area contributed by atoms with Crippen molar-refractivity contribution in [2.45, 2.75) is 20.4 Å². The Hall–Kier alpha value is -2.00. The van der Waals surface area contributed by atoms with Crippen LogP contribution in [0, 0.1) is 13.8 Å². The molecule has 21 heavy (non-hydrogen) atoms. The van der Waals surface area contributed by atoms with Gasteiger partial charge in [-0.05, 0) is 54.8 Å². The maximum Gasteiger partial charge on any atom is 0.119 e. The highest BCUT2D eigenvalue weighted by Gasteiger charge is 1.98. The van der Waals surface area contributed by atoms with E-state index >= 15 is 0 Å². The summed E-state index contributed by atoms with van der Waals surface area (Å²) in [4.78, 5) is 0. The smallest absolute Gasteiger partial charge is 0.119 e. The number of benzene rings is 2. The summed E-state index contributed by atoms with van der Waals surface area (Å²) in [6.45, 7) is 6.28. The van der Waals surface area contributed by atoms with E-state index in [2.05, 4.69) is 37.4 Å². The van der Waals surface area contributed by atoms with Crippen LogP contribution in [0.3, 0.4) is 0 Å². The van der Waals surface area contributed by atoms with E-state index in [0.717, 1.165) is 18.0 Å². The summed E-state index contributed by atoms with van der Waals surface area (Å²) in [5.41, 5.74) is 5.04. The maximum atomic E-state index is 5.54. The van der Waals surface area contributed by atoms with Crippen LogP contribution in [0.25, 0.3) is 0 Å². The summed E-state index contributed by atoms with van der Waals surface area (Å²) in [5.74, 6) is 0.865. The van der Waals surface area contributed by atoms with Gasteiger partial charge in [0.15, 0.2) is 0 Å². The van der Waals surface area contributed by atoms with E-state index in [4.69, 9.17) is 9.47 Å². The lowest BCUT2D eigenvalue weighted by molar-refractivity contribution is 0.146. The maximum absolute atomic E-state index is 5.54. The normalized spacial score (nSPS) is 10.4. The molecule has 0 unspecified atom stereocenters. The van der Waals surface area contributed by atoms with Crippen molar-refractivity contribution in [2.75, 3.05) is 25.6 Å². The first-order valence-corrected chi connectivity index (χ1v) is 7.21. The molecule has 2 aromatic carbocycles. The molecular formula is C18H23NO2. The van der Waals surface area contributed by atoms with Gasteiger partial charge >= 0.3 is 0 Å². The lowest BCUT2D eigenvalue weighted by Gasteiger charge is -2.10. The fraction of sp³-hybridized carbons (Fsp3) is 0.333. The predicted molar refractivity (Wildman–Crippen MR) is 87.1 cm³/mol. The third-order valence-corrected chi connectivity index (χ3v) is 3.48. The zero-order chi connectivity index (χ0) is 15.1. The number of ether oxygens (including phenoxy) is 2. The Labute approximate surface area is 126 Å². The van der Waals surface area contributed by atoms with Crippen molar-refractivity contribution >= 4 is 5.69 Å². The number of methoxy groups -OCH3 is 1. The van der Waals surface area contributed by atoms with Crippen molar-refractivity contribution < 1.29 is 9.47 Å². The number of aryl methyl sites for hydroxylation is 2. The molecule has 0 radical (unpaired) electrons. The van der Waals surface area contributed by atoms with Crippen LogP contribution in [0.15, 0.2) is 42.5 Å². The van der Waals surface area contributed by atoms with E-state index in [1.54, 1.807) is 7.11 Å². The summed E-state index contributed by atoms with van der Waals surface area (Å²) >= 11 is 0. The first kappa shape index (κ1) is 15.4. The lowest BCUT2D eigenvalue weighted by Crippen LogP contribution is -2.04. The molecule has 3 heteroatoms. The van der Waals surface area contributed by atoms with Crippen molar-refractivity contribution in [1.29, 1.82) is 0 Å². The second-order valence-electron chi connectivity index (χ2n) is 5.14. The van der Waals surface area contributed by atoms with Gasteiger partial charge in [0.25, 0.3) is 0 Å². The zero-order valence-electron chi connectivity index (χ0n) is 13.0. The highest BCUT2D eigenvalue weighted by atomic mass is 16.5. The second kappa shape index (κ2) is 7.70. The molecule has 1 N–H and O–H groups in total. The topological polar surface area (TPSA) is 30.5 Å². The molecule has 3 nitrogen and oxygen atoms in total. The molecule has 0 aliphatic rings. The molecule has 0 aromatic heterocycles. The Morgan fingerprint density at radius 2 is 1.67 bits per heavy atom. The molecule has 0 spiro atoms. The minimum absolute atomic E-state index is 0.575. The van der Waals surface area contributed by atoms with Crippen molar-refractivity contribution in [1.82, 2.24) is 0 Å². The average molecular weight is 285 g/mol. The molecule has 0 bridgehead atoms. The summed E-state index contributed by atoms with van der Waals surface area (Å²) < 4.78 is 10.5. The molecule has 0 saturated carbocycles. The molecule has 0 fully saturated rings. The van der Waals surface area contributed by atoms with Crippen LogP contribution in [0.1, 0.15) is 16.7 Å². The highest BCUT2D eigenvalue weighted by Crippen LogP contribution is 2.17. The van der Waals surface area contributed by atoms with Gasteiger partial charge in [-0.2, -0.15) is 0 Å². The zero-order valence-corrected chi connectivity index (χ0v) is 13.0. The molecular weight excluding hydrogens is 262 g/mol. The molecule has 0 heterocycles. The summed E-state index contributed by atoms with van der Waals surface area (Å²) in [6, 6.07) is 14.6. The van der Waals surface area contributed by atoms with Crippen LogP contribution in [0.2, 0.25) is 0 Å². The standard InChI is InChI=1S/C18H23NO2/c1-14-4-5-16(12-15(14)2)13-19-17-6-8-18(9-7-17)21-11-10-20-3/h4-9,12,19H,10-11,13H2,1-3H3. The number of nitrogens with one attached hydrogen (secondary N) is 1. The summed E-state index contributed by atoms with van der Waals surface area (Å²) in [7, 11) is 1.67. The Balaban J connectivity index is 1.86. The van der Waals surface area contributed by atoms with Gasteiger partial charge in [0.05, 0.1) is 6.61 Å². The van der Waals surface area contributed by atoms with E-state index in [-0.39, 0.29) is 0 Å². The van der Waals surface area contributed by atoms with Gasteiger partial charge in [-0.3, -0.25) is 0 Å². The minimum atomic E-state index is 0.575. The minimum Gasteiger partial charge on any atom is -0.491 e. The predicted octanol–water partition coefficient (Wildman–Crippen LogP) is 3.94. The SMILES string of the molecule is COCCOc1ccc(NCc2ccc(C)c(C)c2)cc1. The summed E-state index contributed by atoms with van der Waals surface area (Å²) in [6.07, 6.45) is 0. The third-order valence-electron chi connectivity index (χ3n) is 3.48. The largest absolute Gasteiger partial charge is 0.491 e. The third kappa shape index (κ3) is 4.80. The fourth-order valence-corrected chi connectivity index (χ4v) is 2.03. The van der Waals surface area contributed by atoms with Crippen molar-refractivity contribution in [3.05, 3.63) is 59.2 Å². The first-order chi connectivity index (χ1) is 10.2. The quantitative estimate of drug-likeness (QED) is 0.782. The Morgan fingerprint density at radius 1 is 0.905 bits per heavy atom. The van der Waals surface area contributed by atoms with Gasteiger partial charge in [0, 0.05) is 19.3 Å². The van der Waals surface area contributed by atoms with Crippen LogP contribution in [-0.4, -0.2) is 20.3 Å². The lowest BCUT2D eigenvalue weighted by atomic mass is 10.1. The first-order valence-electron chi connectivity index (χ1n) is 7.21. The van der Waals surface area contributed by atoms with Crippen LogP contribution in [-0.2, 0) is 11.3 Å². The van der Waals surface area contributed by atoms with Crippen LogP contribution in [0.5, 0.6) is 5.75 Å². The second-order valence-corrected chi connectivity index (χ2v) is 5.14. The summed E-state index contributed by atoms with van der Waals surface area (Å²) in [5, 5.41) is 3.42. The number of rotatable bonds is 7. The van der Waals surface area contributed by atoms with Crippen LogP contribution >= 0.6 is 0 Å². The van der Waals surface area contributed by atoms with Gasteiger partial charge < -0.3 is 14.8 Å². The van der Waals surface area contributed by atoms with E-state index in [1.165, 1.54) is 16.7 Å². The van der Waals surface area contributed by atoms with Crippen molar-refractivity contribution in [3.8, 4) is 5.75 Å². The van der Waals surface area contributed by atoms with Crippen molar-refractivity contribution in [3.63, 3.8) is 0 Å². The van der Waals surface area contributed by atoms with Gasteiger partial charge in [-0.1, -0.05) is 18.2 Å². The molecule has 0 aliphatic carbocycles. The molecule has 0 atom stereocenters. The van der Waals surface area contributed by atoms with Crippen LogP contribution in [0.4, 0.5) is 5.69 Å². The molecule has 0 amide bonds. The van der Waals surface area contributed by atoms with E-state index in [9.17, 15) is 0 Å². The molecule has 112 valence electrons. The average Bonchev–Trinajstić information content (AvgIpc) is 2.50. The number of anilines is 1. The highest BCUT2D eigenvalue weighted by molar-refractivity contribution is 5.47. The van der Waals surface area contributed by atoms with Gasteiger partial charge in [0.1, 0.15) is 12.4 Å². The molecule has 0 saturated heterocycles. The van der Waals surface area contributed by atoms with Gasteiger partial charge in [-0.25, -0.2) is 0 Å². The van der Waals surface area contributed by atoms with E-state index in [1.807, 2.05) is 24.3 Å². The van der Waals surface area contributed by atoms with Crippen molar-refractivity contribution in [2.24, 2.45) is 0 Å². The Kier molecular flexibility index (Phi) is 5.64. The number of hydrogen-bond acceptors (Lipinski definition) is 3. The molecule has 2 rings (SSSR count). The van der Waals surface area contributed by atoms with E-state index in [0.29, 0.717) is 13.2 Å². The van der Waals surface area contributed by atoms with E-state index < -0.39 is 0 Å². The van der Waals surface area contributed by atoms with Gasteiger partial charge in [-0.15, -0.1) is 0 Å². The molecule has 0 aliphatic heterocycles. The monoisotopic (exact) mass is 285 g/mol. The fourth-order valence-electron chi connectivity index (χ4n) is 2.03. The van der Waals surface area contributed by atoms with Gasteiger partial charge in [0.2, 0.25) is 0 Å². The Morgan fingerprint density at radius 3 is 2.33 bits per heavy atom. The van der Waals surface area contributed by atoms with Crippen LogP contribution < -0.4 is 10.1 Å². The molecule has 2 aromatic rings. The number of hydrogen-bond donors (Lipinski definition) is 1. The Bertz CT molecular complexity index is 564.